The molecule has 7 nitrogen and oxygen atoms in total. The molecule has 0 saturated heterocycles. The molecule has 0 saturated carbocycles. The van der Waals surface area contributed by atoms with E-state index in [2.05, 4.69) is 9.72 Å². The van der Waals surface area contributed by atoms with E-state index in [4.69, 9.17) is 9.15 Å². The lowest BCUT2D eigenvalue weighted by molar-refractivity contribution is 0.0630. The van der Waals surface area contributed by atoms with E-state index in [1.165, 1.54) is 0 Å². The molecule has 2 rings (SSSR count). The molecule has 0 bridgehead atoms. The van der Waals surface area contributed by atoms with Crippen LogP contribution in [0.15, 0.2) is 10.7 Å². The van der Waals surface area contributed by atoms with Crippen molar-refractivity contribution in [3.8, 4) is 5.75 Å². The summed E-state index contributed by atoms with van der Waals surface area (Å²) in [5.41, 5.74) is -1.56. The zero-order valence-electron chi connectivity index (χ0n) is 14.0. The molecule has 0 aliphatic rings. The number of carbonyl (C=O) groups excluding carboxylic acids is 2. The van der Waals surface area contributed by atoms with Crippen LogP contribution in [0.4, 0.5) is 32.8 Å². The van der Waals surface area contributed by atoms with E-state index >= 15 is 0 Å². The van der Waals surface area contributed by atoms with Crippen molar-refractivity contribution in [2.75, 3.05) is 5.32 Å². The Labute approximate surface area is 148 Å². The van der Waals surface area contributed by atoms with Gasteiger partial charge >= 0.3 is 18.1 Å². The molecule has 146 valence electrons. The number of oxazole rings is 1. The number of hydrogen-bond donors (Lipinski definition) is 1. The van der Waals surface area contributed by atoms with Gasteiger partial charge in [-0.2, -0.15) is 13.8 Å². The molecule has 1 N–H and O–H groups in total. The van der Waals surface area contributed by atoms with Crippen molar-refractivity contribution in [1.82, 2.24) is 4.98 Å². The van der Waals surface area contributed by atoms with Gasteiger partial charge in [0, 0.05) is 0 Å². The second-order valence-corrected chi connectivity index (χ2v) is 5.95. The van der Waals surface area contributed by atoms with Crippen LogP contribution in [0.3, 0.4) is 0 Å². The smallest absolute Gasteiger partial charge is 0.415 e. The van der Waals surface area contributed by atoms with E-state index in [0.717, 1.165) is 0 Å². The predicted octanol–water partition coefficient (Wildman–Crippen LogP) is 3.94. The standard InChI is InChI=1S/C15H11F5N2O5/c1-15(2,3)27-14(24)22-13-21-5(4-25-13)12(23)26-11-9(19)7(17)6(16)8(18)10(11)20/h4H,1-3H3,(H,21,22,24). The number of esters is 1. The van der Waals surface area contributed by atoms with Crippen molar-refractivity contribution in [2.24, 2.45) is 0 Å². The molecule has 1 aromatic carbocycles. The molecule has 1 aromatic heterocycles. The number of anilines is 1. The van der Waals surface area contributed by atoms with Gasteiger partial charge in [-0.25, -0.2) is 28.1 Å². The van der Waals surface area contributed by atoms with Crippen LogP contribution >= 0.6 is 0 Å². The molecule has 12 heteroatoms. The van der Waals surface area contributed by atoms with Crippen molar-refractivity contribution >= 4 is 18.1 Å². The van der Waals surface area contributed by atoms with Crippen molar-refractivity contribution < 1.29 is 45.4 Å². The van der Waals surface area contributed by atoms with Gasteiger partial charge in [-0.1, -0.05) is 0 Å². The van der Waals surface area contributed by atoms with Crippen LogP contribution in [0.2, 0.25) is 0 Å². The fourth-order valence-corrected chi connectivity index (χ4v) is 1.64. The van der Waals surface area contributed by atoms with Gasteiger partial charge in [0.2, 0.25) is 34.8 Å². The van der Waals surface area contributed by atoms with Crippen LogP contribution in [-0.2, 0) is 4.74 Å². The first-order valence-electron chi connectivity index (χ1n) is 7.10. The van der Waals surface area contributed by atoms with E-state index in [9.17, 15) is 31.5 Å². The second kappa shape index (κ2) is 7.21. The van der Waals surface area contributed by atoms with Crippen molar-refractivity contribution in [3.05, 3.63) is 41.0 Å². The molecule has 0 radical (unpaired) electrons. The lowest BCUT2D eigenvalue weighted by Crippen LogP contribution is -2.27. The minimum Gasteiger partial charge on any atom is -0.443 e. The third-order valence-electron chi connectivity index (χ3n) is 2.69. The SMILES string of the molecule is CC(C)(C)OC(=O)Nc1nc(C(=O)Oc2c(F)c(F)c(F)c(F)c2F)co1. The van der Waals surface area contributed by atoms with Crippen molar-refractivity contribution in [3.63, 3.8) is 0 Å². The second-order valence-electron chi connectivity index (χ2n) is 5.95. The molecule has 2 aromatic rings. The Balaban J connectivity index is 2.17. The van der Waals surface area contributed by atoms with Gasteiger partial charge in [-0.3, -0.25) is 0 Å². The van der Waals surface area contributed by atoms with Gasteiger partial charge in [0.1, 0.15) is 11.9 Å². The van der Waals surface area contributed by atoms with E-state index < -0.39 is 64.2 Å². The average Bonchev–Trinajstić information content (AvgIpc) is 3.01. The van der Waals surface area contributed by atoms with Crippen LogP contribution in [0, 0.1) is 29.1 Å². The highest BCUT2D eigenvalue weighted by Gasteiger charge is 2.29. The summed E-state index contributed by atoms with van der Waals surface area (Å²) in [5, 5.41) is 2.02. The molecular formula is C15H11F5N2O5. The number of ether oxygens (including phenoxy) is 2. The monoisotopic (exact) mass is 394 g/mol. The van der Waals surface area contributed by atoms with E-state index in [1.807, 2.05) is 5.32 Å². The third-order valence-corrected chi connectivity index (χ3v) is 2.69. The van der Waals surface area contributed by atoms with Gasteiger partial charge in [-0.15, -0.1) is 0 Å². The summed E-state index contributed by atoms with van der Waals surface area (Å²) in [6, 6.07) is -0.534. The fraction of sp³-hybridized carbons (Fsp3) is 0.267. The van der Waals surface area contributed by atoms with Gasteiger partial charge in [-0.05, 0) is 20.8 Å². The highest BCUT2D eigenvalue weighted by Crippen LogP contribution is 2.29. The Hall–Kier alpha value is -3.18. The van der Waals surface area contributed by atoms with Gasteiger partial charge in [0.25, 0.3) is 0 Å². The minimum atomic E-state index is -2.41. The molecule has 0 spiro atoms. The van der Waals surface area contributed by atoms with Gasteiger partial charge < -0.3 is 13.9 Å². The number of aromatic nitrogens is 1. The average molecular weight is 394 g/mol. The van der Waals surface area contributed by atoms with Crippen LogP contribution in [-0.4, -0.2) is 22.6 Å². The minimum absolute atomic E-state index is 0.534. The fourth-order valence-electron chi connectivity index (χ4n) is 1.64. The van der Waals surface area contributed by atoms with Crippen molar-refractivity contribution in [1.29, 1.82) is 0 Å². The highest BCUT2D eigenvalue weighted by atomic mass is 19.2. The molecule has 0 atom stereocenters. The maximum atomic E-state index is 13.5. The summed E-state index contributed by atoms with van der Waals surface area (Å²) in [7, 11) is 0. The molecule has 27 heavy (non-hydrogen) atoms. The Bertz CT molecular complexity index is 878. The Morgan fingerprint density at radius 3 is 2.04 bits per heavy atom. The zero-order chi connectivity index (χ0) is 20.5. The van der Waals surface area contributed by atoms with E-state index in [0.29, 0.717) is 6.26 Å². The number of nitrogens with one attached hydrogen (secondary N) is 1. The maximum Gasteiger partial charge on any atom is 0.415 e. The number of halogens is 5. The lowest BCUT2D eigenvalue weighted by Gasteiger charge is -2.18. The maximum absolute atomic E-state index is 13.5. The molecule has 0 fully saturated rings. The first kappa shape index (κ1) is 20.1. The third kappa shape index (κ3) is 4.51. The number of hydrogen-bond acceptors (Lipinski definition) is 6. The normalized spacial score (nSPS) is 11.3. The zero-order valence-corrected chi connectivity index (χ0v) is 14.0. The Morgan fingerprint density at radius 2 is 1.52 bits per heavy atom. The summed E-state index contributed by atoms with van der Waals surface area (Å²) < 4.78 is 79.9. The van der Waals surface area contributed by atoms with Crippen molar-refractivity contribution in [2.45, 2.75) is 26.4 Å². The van der Waals surface area contributed by atoms with Gasteiger partial charge in [0.15, 0.2) is 5.69 Å². The van der Waals surface area contributed by atoms with Crippen LogP contribution in [0.25, 0.3) is 0 Å². The molecule has 1 heterocycles. The van der Waals surface area contributed by atoms with Gasteiger partial charge in [0.05, 0.1) is 0 Å². The summed E-state index contributed by atoms with van der Waals surface area (Å²) in [6.45, 7) is 4.74. The molecule has 0 aliphatic heterocycles. The van der Waals surface area contributed by atoms with E-state index in [-0.39, 0.29) is 0 Å². The summed E-state index contributed by atoms with van der Waals surface area (Å²) in [4.78, 5) is 26.8. The lowest BCUT2D eigenvalue weighted by atomic mass is 10.2. The first-order chi connectivity index (χ1) is 12.4. The first-order valence-corrected chi connectivity index (χ1v) is 7.10. The largest absolute Gasteiger partial charge is 0.443 e. The summed E-state index contributed by atoms with van der Waals surface area (Å²) in [6.07, 6.45) is -0.356. The number of rotatable bonds is 3. The predicted molar refractivity (Wildman–Crippen MR) is 77.6 cm³/mol. The number of carbonyl (C=O) groups is 2. The van der Waals surface area contributed by atoms with E-state index in [1.54, 1.807) is 20.8 Å². The Morgan fingerprint density at radius 1 is 1.00 bits per heavy atom. The number of benzene rings is 1. The molecule has 0 aliphatic carbocycles. The summed E-state index contributed by atoms with van der Waals surface area (Å²) in [5.74, 6) is -15.1. The molecule has 0 unspecified atom stereocenters. The van der Waals surface area contributed by atoms with Crippen LogP contribution < -0.4 is 10.1 Å². The number of amides is 1. The molecular weight excluding hydrogens is 383 g/mol. The summed E-state index contributed by atoms with van der Waals surface area (Å²) >= 11 is 0. The Kier molecular flexibility index (Phi) is 5.38. The van der Waals surface area contributed by atoms with Crippen LogP contribution in [0.5, 0.6) is 5.75 Å². The highest BCUT2D eigenvalue weighted by molar-refractivity contribution is 5.90. The quantitative estimate of drug-likeness (QED) is 0.279. The number of nitrogens with zero attached hydrogens (tertiary/aromatic N) is 1. The molecule has 1 amide bonds. The topological polar surface area (TPSA) is 90.7 Å². The van der Waals surface area contributed by atoms with Crippen LogP contribution in [0.1, 0.15) is 31.3 Å².